The Bertz CT molecular complexity index is 64.0. The number of hydrogen-bond acceptors (Lipinski definition) is 3. The van der Waals surface area contributed by atoms with E-state index in [2.05, 4.69) is 20.6 Å². The monoisotopic (exact) mass is 223 g/mol. The zero-order chi connectivity index (χ0) is 3.54. The average molecular weight is 222 g/mol. The van der Waals surface area contributed by atoms with Gasteiger partial charge in [-0.2, -0.15) is 5.21 Å². The molecule has 0 saturated carbocycles. The Hall–Kier alpha value is 0.654. The van der Waals surface area contributed by atoms with Gasteiger partial charge in [0.05, 0.1) is 0 Å². The van der Waals surface area contributed by atoms with E-state index in [1.807, 2.05) is 0 Å². The summed E-state index contributed by atoms with van der Waals surface area (Å²) in [4.78, 5) is 0. The fourth-order valence-electron chi connectivity index (χ4n) is 0.129. The molecule has 0 aliphatic heterocycles. The summed E-state index contributed by atoms with van der Waals surface area (Å²) >= 11 is 0. The average Bonchev–Trinajstić information content (AvgIpc) is 1.76. The Kier molecular flexibility index (Phi) is 4.25. The van der Waals surface area contributed by atoms with Gasteiger partial charge in [0.25, 0.3) is 0 Å². The Labute approximate surface area is 75.2 Å². The molecule has 1 aromatic rings. The molecule has 1 rings (SSSR count). The first kappa shape index (κ1) is 6.65. The van der Waals surface area contributed by atoms with Crippen molar-refractivity contribution in [2.24, 2.45) is 0 Å². The largest absolute Gasteiger partial charge is 0.177 e. The van der Waals surface area contributed by atoms with E-state index < -0.39 is 0 Å². The maximum absolute atomic E-state index is 3.38. The summed E-state index contributed by atoms with van der Waals surface area (Å²) in [6.07, 6.45) is 1.33. The second kappa shape index (κ2) is 3.83. The van der Waals surface area contributed by atoms with Crippen LogP contribution in [0.25, 0.3) is 0 Å². The normalized spacial score (nSPS) is 6.67. The zero-order valence-corrected chi connectivity index (χ0v) is 5.22. The second-order valence-electron chi connectivity index (χ2n) is 0.560. The smallest absolute Gasteiger partial charge is 0.161 e. The minimum Gasteiger partial charge on any atom is -0.177 e. The van der Waals surface area contributed by atoms with Crippen LogP contribution in [0.1, 0.15) is 0 Å². The van der Waals surface area contributed by atoms with E-state index in [9.17, 15) is 0 Å². The SMILES string of the molecule is [Eu].c1nn[nH]n1. The van der Waals surface area contributed by atoms with E-state index >= 15 is 0 Å². The van der Waals surface area contributed by atoms with Crippen molar-refractivity contribution < 1.29 is 49.4 Å². The number of hydrogen-bond donors (Lipinski definition) is 1. The molecule has 1 radical (unpaired) electrons. The van der Waals surface area contributed by atoms with Gasteiger partial charge in [0.15, 0.2) is 6.33 Å². The Balaban J connectivity index is 0.000000250. The van der Waals surface area contributed by atoms with E-state index in [1.54, 1.807) is 0 Å². The maximum Gasteiger partial charge on any atom is 0.161 e. The first-order valence-corrected chi connectivity index (χ1v) is 1.16. The van der Waals surface area contributed by atoms with Crippen LogP contribution in [0.3, 0.4) is 0 Å². The first-order chi connectivity index (χ1) is 2.50. The van der Waals surface area contributed by atoms with E-state index in [-0.39, 0.29) is 49.4 Å². The maximum atomic E-state index is 3.38. The molecule has 5 heteroatoms. The zero-order valence-electron chi connectivity index (χ0n) is 2.80. The van der Waals surface area contributed by atoms with Gasteiger partial charge in [-0.25, -0.2) is 0 Å². The summed E-state index contributed by atoms with van der Waals surface area (Å²) in [7, 11) is 0. The second-order valence-corrected chi connectivity index (χ2v) is 0.560. The van der Waals surface area contributed by atoms with Gasteiger partial charge in [-0.1, -0.05) is 5.21 Å². The van der Waals surface area contributed by atoms with Crippen molar-refractivity contribution in [3.8, 4) is 0 Å². The molecule has 0 fully saturated rings. The molecule has 33 valence electrons. The Morgan fingerprint density at radius 3 is 2.50 bits per heavy atom. The summed E-state index contributed by atoms with van der Waals surface area (Å²) in [5.41, 5.74) is 0. The van der Waals surface area contributed by atoms with Crippen molar-refractivity contribution in [1.82, 2.24) is 20.6 Å². The molecule has 0 aliphatic carbocycles. The van der Waals surface area contributed by atoms with Crippen molar-refractivity contribution in [2.75, 3.05) is 0 Å². The minimum atomic E-state index is 0. The summed E-state index contributed by atoms with van der Waals surface area (Å²) < 4.78 is 0. The topological polar surface area (TPSA) is 54.5 Å². The van der Waals surface area contributed by atoms with Gasteiger partial charge >= 0.3 is 0 Å². The molecule has 1 heterocycles. The van der Waals surface area contributed by atoms with Crippen LogP contribution in [-0.4, -0.2) is 20.6 Å². The van der Waals surface area contributed by atoms with Crippen LogP contribution < -0.4 is 0 Å². The van der Waals surface area contributed by atoms with Crippen LogP contribution in [0, 0.1) is 49.4 Å². The number of aromatic amines is 1. The molecule has 0 atom stereocenters. The van der Waals surface area contributed by atoms with Gasteiger partial charge in [-0.15, -0.1) is 10.2 Å². The van der Waals surface area contributed by atoms with E-state index in [1.165, 1.54) is 6.33 Å². The van der Waals surface area contributed by atoms with Crippen molar-refractivity contribution in [3.05, 3.63) is 6.33 Å². The van der Waals surface area contributed by atoms with Crippen molar-refractivity contribution in [1.29, 1.82) is 0 Å². The van der Waals surface area contributed by atoms with Crippen LogP contribution in [0.15, 0.2) is 6.33 Å². The van der Waals surface area contributed by atoms with E-state index in [0.29, 0.717) is 0 Å². The van der Waals surface area contributed by atoms with Crippen LogP contribution >= 0.6 is 0 Å². The predicted molar refractivity (Wildman–Crippen MR) is 14.2 cm³/mol. The fraction of sp³-hybridized carbons (Fsp3) is 0. The quantitative estimate of drug-likeness (QED) is 0.625. The summed E-state index contributed by atoms with van der Waals surface area (Å²) in [6.45, 7) is 0. The van der Waals surface area contributed by atoms with Gasteiger partial charge in [0.2, 0.25) is 0 Å². The van der Waals surface area contributed by atoms with Crippen molar-refractivity contribution in [3.63, 3.8) is 0 Å². The molecule has 0 unspecified atom stereocenters. The number of rotatable bonds is 0. The van der Waals surface area contributed by atoms with Gasteiger partial charge in [0.1, 0.15) is 0 Å². The van der Waals surface area contributed by atoms with Gasteiger partial charge in [0, 0.05) is 49.4 Å². The Morgan fingerprint density at radius 1 is 1.50 bits per heavy atom. The van der Waals surface area contributed by atoms with E-state index in [4.69, 9.17) is 0 Å². The summed E-state index contributed by atoms with van der Waals surface area (Å²) in [5.74, 6) is 0. The van der Waals surface area contributed by atoms with Crippen LogP contribution in [0.5, 0.6) is 0 Å². The molecule has 0 saturated heterocycles. The molecular weight excluding hydrogens is 220 g/mol. The number of aromatic nitrogens is 4. The molecule has 0 spiro atoms. The molecule has 0 aliphatic rings. The molecule has 1 N–H and O–H groups in total. The third-order valence-electron chi connectivity index (χ3n) is 0.270. The first-order valence-electron chi connectivity index (χ1n) is 1.16. The van der Waals surface area contributed by atoms with Crippen LogP contribution in [0.4, 0.5) is 0 Å². The van der Waals surface area contributed by atoms with E-state index in [0.717, 1.165) is 0 Å². The minimum absolute atomic E-state index is 0. The number of tetrazole rings is 1. The number of H-pyrrole nitrogens is 1. The molecule has 4 nitrogen and oxygen atoms in total. The predicted octanol–water partition coefficient (Wildman–Crippen LogP) is -0.800. The third kappa shape index (κ3) is 1.94. The third-order valence-corrected chi connectivity index (χ3v) is 0.270. The van der Waals surface area contributed by atoms with Gasteiger partial charge in [-0.3, -0.25) is 0 Å². The Morgan fingerprint density at radius 2 is 2.33 bits per heavy atom. The molecule has 0 bridgehead atoms. The number of nitrogens with zero attached hydrogens (tertiary/aromatic N) is 3. The van der Waals surface area contributed by atoms with Crippen molar-refractivity contribution in [2.45, 2.75) is 0 Å². The molecule has 6 heavy (non-hydrogen) atoms. The molecular formula is CH2EuN4. The molecule has 0 aromatic carbocycles. The number of nitrogens with one attached hydrogen (secondary N) is 1. The van der Waals surface area contributed by atoms with Crippen molar-refractivity contribution >= 4 is 0 Å². The van der Waals surface area contributed by atoms with Crippen LogP contribution in [-0.2, 0) is 0 Å². The van der Waals surface area contributed by atoms with Crippen LogP contribution in [0.2, 0.25) is 0 Å². The van der Waals surface area contributed by atoms with Gasteiger partial charge < -0.3 is 0 Å². The summed E-state index contributed by atoms with van der Waals surface area (Å²) in [5, 5.41) is 12.2. The fourth-order valence-corrected chi connectivity index (χ4v) is 0.129. The summed E-state index contributed by atoms with van der Waals surface area (Å²) in [6, 6.07) is 0. The molecule has 0 amide bonds. The molecule has 1 aromatic heterocycles. The standard InChI is InChI=1S/CH2N4.Eu/c1-2-4-5-3-1;/h1H,(H,2,3,4,5);. The van der Waals surface area contributed by atoms with Gasteiger partial charge in [-0.05, 0) is 0 Å².